The molecular formula is C16H23N3O4S. The molecule has 0 radical (unpaired) electrons. The fourth-order valence-electron chi connectivity index (χ4n) is 2.41. The van der Waals surface area contributed by atoms with Crippen molar-refractivity contribution < 1.29 is 18.0 Å². The van der Waals surface area contributed by atoms with Gasteiger partial charge in [-0.25, -0.2) is 8.42 Å². The molecule has 0 fully saturated rings. The van der Waals surface area contributed by atoms with Crippen LogP contribution in [0.2, 0.25) is 0 Å². The first-order valence-electron chi connectivity index (χ1n) is 7.92. The molecule has 24 heavy (non-hydrogen) atoms. The summed E-state index contributed by atoms with van der Waals surface area (Å²) in [7, 11) is -2.38. The lowest BCUT2D eigenvalue weighted by molar-refractivity contribution is -0.121. The van der Waals surface area contributed by atoms with E-state index >= 15 is 0 Å². The molecule has 1 atom stereocenters. The first-order chi connectivity index (χ1) is 11.2. The topological polar surface area (TPSA) is 95.6 Å². The van der Waals surface area contributed by atoms with Crippen molar-refractivity contribution in [1.29, 1.82) is 0 Å². The molecule has 1 aromatic carbocycles. The average Bonchev–Trinajstić information content (AvgIpc) is 2.53. The van der Waals surface area contributed by atoms with Crippen LogP contribution < -0.4 is 10.6 Å². The van der Waals surface area contributed by atoms with E-state index in [1.807, 2.05) is 13.8 Å². The number of rotatable bonds is 6. The van der Waals surface area contributed by atoms with Gasteiger partial charge in [-0.3, -0.25) is 9.59 Å². The lowest BCUT2D eigenvalue weighted by atomic mass is 10.0. The largest absolute Gasteiger partial charge is 0.353 e. The van der Waals surface area contributed by atoms with Gasteiger partial charge in [0.15, 0.2) is 0 Å². The molecule has 1 unspecified atom stereocenters. The first-order valence-corrected chi connectivity index (χ1v) is 9.36. The second-order valence-electron chi connectivity index (χ2n) is 6.01. The number of benzene rings is 1. The zero-order valence-electron chi connectivity index (χ0n) is 14.1. The van der Waals surface area contributed by atoms with Gasteiger partial charge in [0.05, 0.1) is 11.4 Å². The second-order valence-corrected chi connectivity index (χ2v) is 8.05. The zero-order chi connectivity index (χ0) is 17.9. The average molecular weight is 353 g/mol. The van der Waals surface area contributed by atoms with E-state index in [0.29, 0.717) is 18.5 Å². The van der Waals surface area contributed by atoms with Crippen LogP contribution in [0.4, 0.5) is 5.69 Å². The summed E-state index contributed by atoms with van der Waals surface area (Å²) in [6.45, 7) is 3.57. The van der Waals surface area contributed by atoms with Crippen molar-refractivity contribution in [3.8, 4) is 0 Å². The molecule has 0 saturated heterocycles. The predicted molar refractivity (Wildman–Crippen MR) is 91.1 cm³/mol. The minimum atomic E-state index is -3.76. The molecular weight excluding hydrogens is 330 g/mol. The molecule has 7 nitrogen and oxygen atoms in total. The maximum Gasteiger partial charge on any atom is 0.243 e. The number of carbonyl (C=O) groups excluding carboxylic acids is 2. The van der Waals surface area contributed by atoms with Crippen LogP contribution in [0, 0.1) is 0 Å². The van der Waals surface area contributed by atoms with Gasteiger partial charge in [-0.15, -0.1) is 0 Å². The number of hydrogen-bond donors (Lipinski definition) is 2. The van der Waals surface area contributed by atoms with Gasteiger partial charge in [-0.1, -0.05) is 6.92 Å². The number of sulfonamides is 1. The third-order valence-corrected chi connectivity index (χ3v) is 5.87. The number of amides is 2. The molecule has 0 aromatic heterocycles. The standard InChI is InChI=1S/C16H23N3O4S/c1-4-11(2)17-16(21)10-19(3)24(22,23)13-6-7-14-12(9-13)5-8-15(20)18-14/h6-7,9,11H,4-5,8,10H2,1-3H3,(H,17,21)(H,18,20). The number of nitrogens with zero attached hydrogens (tertiary/aromatic N) is 1. The Balaban J connectivity index is 2.15. The second kappa shape index (κ2) is 7.31. The van der Waals surface area contributed by atoms with E-state index in [4.69, 9.17) is 0 Å². The Bertz CT molecular complexity index is 746. The van der Waals surface area contributed by atoms with Crippen molar-refractivity contribution in [2.45, 2.75) is 44.0 Å². The van der Waals surface area contributed by atoms with Gasteiger partial charge in [-0.05, 0) is 43.5 Å². The Kier molecular flexibility index (Phi) is 5.61. The van der Waals surface area contributed by atoms with Gasteiger partial charge in [-0.2, -0.15) is 4.31 Å². The number of carbonyl (C=O) groups is 2. The molecule has 0 spiro atoms. The highest BCUT2D eigenvalue weighted by molar-refractivity contribution is 7.89. The van der Waals surface area contributed by atoms with Crippen LogP contribution in [0.25, 0.3) is 0 Å². The van der Waals surface area contributed by atoms with E-state index in [9.17, 15) is 18.0 Å². The van der Waals surface area contributed by atoms with Gasteiger partial charge in [0, 0.05) is 25.2 Å². The number of anilines is 1. The van der Waals surface area contributed by atoms with Crippen molar-refractivity contribution in [2.75, 3.05) is 18.9 Å². The maximum absolute atomic E-state index is 12.6. The van der Waals surface area contributed by atoms with Crippen molar-refractivity contribution >= 4 is 27.5 Å². The van der Waals surface area contributed by atoms with Crippen molar-refractivity contribution in [2.24, 2.45) is 0 Å². The lowest BCUT2D eigenvalue weighted by Gasteiger charge is -2.21. The first kappa shape index (κ1) is 18.4. The molecule has 2 N–H and O–H groups in total. The highest BCUT2D eigenvalue weighted by atomic mass is 32.2. The van der Waals surface area contributed by atoms with Crippen molar-refractivity contribution in [3.05, 3.63) is 23.8 Å². The summed E-state index contributed by atoms with van der Waals surface area (Å²) < 4.78 is 26.3. The van der Waals surface area contributed by atoms with Crippen LogP contribution in [0.1, 0.15) is 32.3 Å². The summed E-state index contributed by atoms with van der Waals surface area (Å²) in [5, 5.41) is 5.46. The van der Waals surface area contributed by atoms with Gasteiger partial charge in [0.2, 0.25) is 21.8 Å². The summed E-state index contributed by atoms with van der Waals surface area (Å²) in [6.07, 6.45) is 1.62. The summed E-state index contributed by atoms with van der Waals surface area (Å²) in [6, 6.07) is 4.60. The van der Waals surface area contributed by atoms with E-state index in [2.05, 4.69) is 10.6 Å². The van der Waals surface area contributed by atoms with Gasteiger partial charge >= 0.3 is 0 Å². The third-order valence-electron chi connectivity index (χ3n) is 4.07. The predicted octanol–water partition coefficient (Wildman–Crippen LogP) is 1.11. The lowest BCUT2D eigenvalue weighted by Crippen LogP contribution is -2.41. The van der Waals surface area contributed by atoms with E-state index in [1.165, 1.54) is 13.1 Å². The summed E-state index contributed by atoms with van der Waals surface area (Å²) in [4.78, 5) is 23.4. The molecule has 8 heteroatoms. The molecule has 1 heterocycles. The normalized spacial score (nSPS) is 15.6. The minimum absolute atomic E-state index is 0.000889. The van der Waals surface area contributed by atoms with E-state index in [1.54, 1.807) is 12.1 Å². The third kappa shape index (κ3) is 4.12. The fourth-order valence-corrected chi connectivity index (χ4v) is 3.59. The number of nitrogens with one attached hydrogen (secondary N) is 2. The van der Waals surface area contributed by atoms with E-state index in [0.717, 1.165) is 16.3 Å². The number of aryl methyl sites for hydroxylation is 1. The van der Waals surface area contributed by atoms with Crippen LogP contribution in [-0.4, -0.2) is 44.2 Å². The monoisotopic (exact) mass is 353 g/mol. The van der Waals surface area contributed by atoms with Crippen LogP contribution in [0.3, 0.4) is 0 Å². The van der Waals surface area contributed by atoms with Gasteiger partial charge < -0.3 is 10.6 Å². The highest BCUT2D eigenvalue weighted by Crippen LogP contribution is 2.26. The molecule has 1 aliphatic heterocycles. The molecule has 132 valence electrons. The summed E-state index contributed by atoms with van der Waals surface area (Å²) >= 11 is 0. The van der Waals surface area contributed by atoms with Gasteiger partial charge in [0.1, 0.15) is 0 Å². The fraction of sp³-hybridized carbons (Fsp3) is 0.500. The molecule has 1 aromatic rings. The van der Waals surface area contributed by atoms with Crippen LogP contribution >= 0.6 is 0 Å². The van der Waals surface area contributed by atoms with Gasteiger partial charge in [0.25, 0.3) is 0 Å². The Hall–Kier alpha value is -1.93. The summed E-state index contributed by atoms with van der Waals surface area (Å²) in [5.74, 6) is -0.405. The molecule has 2 amide bonds. The molecule has 0 saturated carbocycles. The smallest absolute Gasteiger partial charge is 0.243 e. The van der Waals surface area contributed by atoms with Crippen molar-refractivity contribution in [3.63, 3.8) is 0 Å². The van der Waals surface area contributed by atoms with Crippen LogP contribution in [0.5, 0.6) is 0 Å². The SMILES string of the molecule is CCC(C)NC(=O)CN(C)S(=O)(=O)c1ccc2c(c1)CCC(=O)N2. The van der Waals surface area contributed by atoms with Crippen LogP contribution in [0.15, 0.2) is 23.1 Å². The molecule has 0 aliphatic carbocycles. The number of fused-ring (bicyclic) bond motifs is 1. The van der Waals surface area contributed by atoms with Crippen LogP contribution in [-0.2, 0) is 26.0 Å². The molecule has 0 bridgehead atoms. The highest BCUT2D eigenvalue weighted by Gasteiger charge is 2.25. The molecule has 2 rings (SSSR count). The van der Waals surface area contributed by atoms with Crippen molar-refractivity contribution in [1.82, 2.24) is 9.62 Å². The Morgan fingerprint density at radius 1 is 1.38 bits per heavy atom. The quantitative estimate of drug-likeness (QED) is 0.801. The number of hydrogen-bond acceptors (Lipinski definition) is 4. The number of likely N-dealkylation sites (N-methyl/N-ethyl adjacent to an activating group) is 1. The minimum Gasteiger partial charge on any atom is -0.353 e. The Morgan fingerprint density at radius 2 is 2.08 bits per heavy atom. The zero-order valence-corrected chi connectivity index (χ0v) is 14.9. The molecule has 1 aliphatic rings. The Morgan fingerprint density at radius 3 is 2.75 bits per heavy atom. The maximum atomic E-state index is 12.6. The van der Waals surface area contributed by atoms with E-state index < -0.39 is 10.0 Å². The van der Waals surface area contributed by atoms with E-state index in [-0.39, 0.29) is 29.3 Å². The Labute approximate surface area is 142 Å². The summed E-state index contributed by atoms with van der Waals surface area (Å²) in [5.41, 5.74) is 1.43.